The topological polar surface area (TPSA) is 62.7 Å². The van der Waals surface area contributed by atoms with E-state index in [4.69, 9.17) is 11.0 Å². The molecule has 13 heavy (non-hydrogen) atoms. The minimum Gasteiger partial charge on any atom is -0.384 e. The number of hydrogen-bond donors (Lipinski definition) is 1. The predicted molar refractivity (Wildman–Crippen MR) is 38.4 cm³/mol. The Hall–Kier alpha value is -1.77. The average Bonchev–Trinajstić information content (AvgIpc) is 2.01. The molecule has 0 aromatic carbocycles. The lowest BCUT2D eigenvalue weighted by Crippen LogP contribution is -2.09. The Morgan fingerprint density at radius 2 is 2.00 bits per heavy atom. The van der Waals surface area contributed by atoms with E-state index in [0.29, 0.717) is 6.07 Å². The summed E-state index contributed by atoms with van der Waals surface area (Å²) < 4.78 is 36.2. The summed E-state index contributed by atoms with van der Waals surface area (Å²) in [5.41, 5.74) is 3.77. The van der Waals surface area contributed by atoms with E-state index in [0.717, 1.165) is 6.07 Å². The zero-order chi connectivity index (χ0) is 10.1. The molecule has 1 aromatic rings. The van der Waals surface area contributed by atoms with Gasteiger partial charge >= 0.3 is 6.18 Å². The zero-order valence-electron chi connectivity index (χ0n) is 6.26. The highest BCUT2D eigenvalue weighted by atomic mass is 19.4. The molecule has 0 bridgehead atoms. The molecule has 0 aliphatic rings. The van der Waals surface area contributed by atoms with Gasteiger partial charge in [-0.3, -0.25) is 0 Å². The molecule has 1 rings (SSSR count). The Bertz CT molecular complexity index is 364. The Labute approximate surface area is 71.6 Å². The van der Waals surface area contributed by atoms with Crippen molar-refractivity contribution in [1.29, 1.82) is 5.26 Å². The van der Waals surface area contributed by atoms with Gasteiger partial charge in [-0.15, -0.1) is 0 Å². The van der Waals surface area contributed by atoms with Crippen LogP contribution in [0.4, 0.5) is 19.0 Å². The molecule has 1 aromatic heterocycles. The summed E-state index contributed by atoms with van der Waals surface area (Å²) in [5.74, 6) is -0.314. The van der Waals surface area contributed by atoms with Crippen LogP contribution in [0.2, 0.25) is 0 Å². The minimum absolute atomic E-state index is 0.153. The maximum atomic E-state index is 12.1. The number of nitrogens with zero attached hydrogens (tertiary/aromatic N) is 2. The first-order chi connectivity index (χ1) is 5.93. The second-order valence-corrected chi connectivity index (χ2v) is 2.28. The Morgan fingerprint density at radius 1 is 1.38 bits per heavy atom. The maximum Gasteiger partial charge on any atom is 0.433 e. The normalized spacial score (nSPS) is 10.9. The van der Waals surface area contributed by atoms with Crippen LogP contribution in [-0.4, -0.2) is 4.98 Å². The van der Waals surface area contributed by atoms with E-state index < -0.39 is 11.9 Å². The van der Waals surface area contributed by atoms with Crippen molar-refractivity contribution in [2.45, 2.75) is 6.18 Å². The van der Waals surface area contributed by atoms with Crippen molar-refractivity contribution in [3.63, 3.8) is 0 Å². The molecule has 1 heterocycles. The van der Waals surface area contributed by atoms with E-state index in [1.54, 1.807) is 6.07 Å². The van der Waals surface area contributed by atoms with E-state index in [1.165, 1.54) is 0 Å². The van der Waals surface area contributed by atoms with Crippen molar-refractivity contribution in [1.82, 2.24) is 4.98 Å². The van der Waals surface area contributed by atoms with Crippen LogP contribution in [0.25, 0.3) is 0 Å². The fourth-order valence-electron chi connectivity index (χ4n) is 0.762. The Balaban J connectivity index is 3.26. The van der Waals surface area contributed by atoms with E-state index in [1.807, 2.05) is 0 Å². The number of nitriles is 1. The van der Waals surface area contributed by atoms with Crippen molar-refractivity contribution in [2.75, 3.05) is 5.73 Å². The second-order valence-electron chi connectivity index (χ2n) is 2.28. The fourth-order valence-corrected chi connectivity index (χ4v) is 0.762. The van der Waals surface area contributed by atoms with Gasteiger partial charge in [-0.1, -0.05) is 0 Å². The molecule has 0 radical (unpaired) electrons. The molecule has 0 atom stereocenters. The lowest BCUT2D eigenvalue weighted by atomic mass is 10.2. The van der Waals surface area contributed by atoms with Gasteiger partial charge in [-0.25, -0.2) is 4.98 Å². The van der Waals surface area contributed by atoms with Crippen LogP contribution in [0.1, 0.15) is 11.3 Å². The monoisotopic (exact) mass is 187 g/mol. The van der Waals surface area contributed by atoms with Crippen LogP contribution in [0.15, 0.2) is 12.1 Å². The van der Waals surface area contributed by atoms with Gasteiger partial charge in [0.25, 0.3) is 0 Å². The van der Waals surface area contributed by atoms with Gasteiger partial charge in [-0.05, 0) is 12.1 Å². The number of rotatable bonds is 0. The summed E-state index contributed by atoms with van der Waals surface area (Å²) in [6.07, 6.45) is -4.57. The Morgan fingerprint density at radius 3 is 2.46 bits per heavy atom. The predicted octanol–water partition coefficient (Wildman–Crippen LogP) is 1.55. The molecule has 0 unspecified atom stereocenters. The zero-order valence-corrected chi connectivity index (χ0v) is 6.26. The van der Waals surface area contributed by atoms with E-state index >= 15 is 0 Å². The SMILES string of the molecule is N#Cc1cc(N)nc(C(F)(F)F)c1. The van der Waals surface area contributed by atoms with Gasteiger partial charge in [-0.2, -0.15) is 18.4 Å². The van der Waals surface area contributed by atoms with Crippen LogP contribution < -0.4 is 5.73 Å². The fraction of sp³-hybridized carbons (Fsp3) is 0.143. The minimum atomic E-state index is -4.57. The molecule has 0 saturated heterocycles. The molecule has 0 aliphatic heterocycles. The maximum absolute atomic E-state index is 12.1. The molecule has 0 amide bonds. The molecule has 0 saturated carbocycles. The summed E-state index contributed by atoms with van der Waals surface area (Å²) in [4.78, 5) is 3.05. The lowest BCUT2D eigenvalue weighted by Gasteiger charge is -2.05. The molecule has 0 spiro atoms. The number of aromatic nitrogens is 1. The summed E-state index contributed by atoms with van der Waals surface area (Å²) in [6, 6.07) is 3.29. The van der Waals surface area contributed by atoms with Gasteiger partial charge in [0.15, 0.2) is 0 Å². The smallest absolute Gasteiger partial charge is 0.384 e. The van der Waals surface area contributed by atoms with E-state index in [9.17, 15) is 13.2 Å². The van der Waals surface area contributed by atoms with Crippen LogP contribution in [0.5, 0.6) is 0 Å². The average molecular weight is 187 g/mol. The number of hydrogen-bond acceptors (Lipinski definition) is 3. The molecule has 3 nitrogen and oxygen atoms in total. The third-order valence-electron chi connectivity index (χ3n) is 1.26. The number of anilines is 1. The molecular formula is C7H4F3N3. The molecule has 0 fully saturated rings. The van der Waals surface area contributed by atoms with Gasteiger partial charge < -0.3 is 5.73 Å². The van der Waals surface area contributed by atoms with Crippen LogP contribution >= 0.6 is 0 Å². The standard InChI is InChI=1S/C7H4F3N3/c8-7(9,10)5-1-4(3-11)2-6(12)13-5/h1-2H,(H2,12,13). The highest BCUT2D eigenvalue weighted by molar-refractivity contribution is 5.41. The van der Waals surface area contributed by atoms with Gasteiger partial charge in [0, 0.05) is 0 Å². The third kappa shape index (κ3) is 2.08. The number of alkyl halides is 3. The van der Waals surface area contributed by atoms with Gasteiger partial charge in [0.05, 0.1) is 11.6 Å². The first-order valence-electron chi connectivity index (χ1n) is 3.18. The summed E-state index contributed by atoms with van der Waals surface area (Å²) in [5, 5.41) is 8.35. The highest BCUT2D eigenvalue weighted by Crippen LogP contribution is 2.28. The van der Waals surface area contributed by atoms with Crippen LogP contribution in [-0.2, 0) is 6.18 Å². The number of nitrogen functional groups attached to an aromatic ring is 1. The van der Waals surface area contributed by atoms with Crippen molar-refractivity contribution < 1.29 is 13.2 Å². The Kier molecular flexibility index (Phi) is 2.10. The quantitative estimate of drug-likeness (QED) is 0.670. The molecule has 6 heteroatoms. The molecular weight excluding hydrogens is 183 g/mol. The van der Waals surface area contributed by atoms with Crippen molar-refractivity contribution >= 4 is 5.82 Å². The van der Waals surface area contributed by atoms with Gasteiger partial charge in [0.2, 0.25) is 0 Å². The number of halogens is 3. The molecule has 2 N–H and O–H groups in total. The van der Waals surface area contributed by atoms with Gasteiger partial charge in [0.1, 0.15) is 11.5 Å². The van der Waals surface area contributed by atoms with Crippen molar-refractivity contribution in [3.05, 3.63) is 23.4 Å². The first-order valence-corrected chi connectivity index (χ1v) is 3.18. The summed E-state index contributed by atoms with van der Waals surface area (Å²) >= 11 is 0. The van der Waals surface area contributed by atoms with Crippen molar-refractivity contribution in [3.8, 4) is 6.07 Å². The first kappa shape index (κ1) is 9.32. The second kappa shape index (κ2) is 2.94. The summed E-state index contributed by atoms with van der Waals surface area (Å²) in [7, 11) is 0. The largest absolute Gasteiger partial charge is 0.433 e. The van der Waals surface area contributed by atoms with Crippen LogP contribution in [0, 0.1) is 11.3 Å². The third-order valence-corrected chi connectivity index (χ3v) is 1.26. The number of nitrogens with two attached hydrogens (primary N) is 1. The lowest BCUT2D eigenvalue weighted by molar-refractivity contribution is -0.141. The summed E-state index contributed by atoms with van der Waals surface area (Å²) in [6.45, 7) is 0. The highest BCUT2D eigenvalue weighted by Gasteiger charge is 2.33. The molecule has 68 valence electrons. The van der Waals surface area contributed by atoms with Crippen LogP contribution in [0.3, 0.4) is 0 Å². The van der Waals surface area contributed by atoms with Crippen molar-refractivity contribution in [2.24, 2.45) is 0 Å². The number of pyridine rings is 1. The molecule has 0 aliphatic carbocycles. The van der Waals surface area contributed by atoms with E-state index in [2.05, 4.69) is 4.98 Å². The van der Waals surface area contributed by atoms with E-state index in [-0.39, 0.29) is 11.4 Å².